The highest BCUT2D eigenvalue weighted by Crippen LogP contribution is 2.29. The summed E-state index contributed by atoms with van der Waals surface area (Å²) in [7, 11) is 1.68. The van der Waals surface area contributed by atoms with E-state index < -0.39 is 0 Å². The number of piperazine rings is 1. The van der Waals surface area contributed by atoms with Gasteiger partial charge < -0.3 is 25.5 Å². The number of pyridine rings is 1. The zero-order chi connectivity index (χ0) is 19.0. The number of anilines is 1. The maximum atomic E-state index is 12.6. The number of aromatic amines is 1. The number of nitriles is 1. The van der Waals surface area contributed by atoms with Gasteiger partial charge in [0.25, 0.3) is 11.5 Å². The van der Waals surface area contributed by atoms with Crippen molar-refractivity contribution in [3.05, 3.63) is 58.4 Å². The van der Waals surface area contributed by atoms with Crippen LogP contribution in [-0.2, 0) is 7.05 Å². The number of imidazole rings is 1. The number of hydrogen-bond acceptors (Lipinski definition) is 6. The van der Waals surface area contributed by atoms with Gasteiger partial charge in [0.05, 0.1) is 23.7 Å². The lowest BCUT2D eigenvalue weighted by atomic mass is 10.1. The largest absolute Gasteiger partial charge is 0.366 e. The van der Waals surface area contributed by atoms with Crippen molar-refractivity contribution in [2.75, 3.05) is 31.1 Å². The molecule has 0 saturated carbocycles. The summed E-state index contributed by atoms with van der Waals surface area (Å²) in [6.07, 6.45) is 2.99. The number of nitrogens with one attached hydrogen (secondary N) is 1. The van der Waals surface area contributed by atoms with Crippen molar-refractivity contribution in [2.45, 2.75) is 0 Å². The Kier molecular flexibility index (Phi) is 5.15. The van der Waals surface area contributed by atoms with Gasteiger partial charge in [0.2, 0.25) is 0 Å². The molecular weight excluding hydrogens is 358 g/mol. The van der Waals surface area contributed by atoms with Crippen molar-refractivity contribution >= 4 is 22.5 Å². The van der Waals surface area contributed by atoms with Gasteiger partial charge >= 0.3 is 0 Å². The van der Waals surface area contributed by atoms with E-state index in [9.17, 15) is 14.9 Å². The van der Waals surface area contributed by atoms with Crippen LogP contribution in [0.25, 0.3) is 10.9 Å². The van der Waals surface area contributed by atoms with Gasteiger partial charge in [-0.25, -0.2) is 4.98 Å². The van der Waals surface area contributed by atoms with Gasteiger partial charge in [0, 0.05) is 38.6 Å². The van der Waals surface area contributed by atoms with Crippen LogP contribution >= 0.6 is 0 Å². The van der Waals surface area contributed by atoms with Crippen LogP contribution in [0.15, 0.2) is 41.6 Å². The van der Waals surface area contributed by atoms with Crippen LogP contribution in [0.1, 0.15) is 16.1 Å². The number of para-hydroxylation sites is 1. The Labute approximate surface area is 161 Å². The van der Waals surface area contributed by atoms with Crippen LogP contribution in [0.3, 0.4) is 0 Å². The molecule has 0 aliphatic carbocycles. The number of nitrogens with zero attached hydrogens (tertiary/aromatic N) is 5. The maximum Gasteiger partial charge on any atom is 0.272 e. The molecule has 0 bridgehead atoms. The molecule has 144 valence electrons. The van der Waals surface area contributed by atoms with Gasteiger partial charge in [-0.1, -0.05) is 18.2 Å². The van der Waals surface area contributed by atoms with Crippen LogP contribution in [0.2, 0.25) is 0 Å². The fourth-order valence-corrected chi connectivity index (χ4v) is 3.58. The van der Waals surface area contributed by atoms with Crippen molar-refractivity contribution in [2.24, 2.45) is 7.05 Å². The third-order valence-electron chi connectivity index (χ3n) is 5.00. The van der Waals surface area contributed by atoms with Gasteiger partial charge in [-0.3, -0.25) is 9.59 Å². The molecule has 4 rings (SSSR count). The van der Waals surface area contributed by atoms with Gasteiger partial charge in [0.1, 0.15) is 17.3 Å². The fraction of sp³-hybridized carbons (Fsp3) is 0.263. The third kappa shape index (κ3) is 3.00. The van der Waals surface area contributed by atoms with Crippen LogP contribution in [0.5, 0.6) is 0 Å². The SMILES string of the molecule is Cn1c(=O)c(C#N)c(N2CCN(C(=O)c3cnc[nH]3)CC2)c2ccccc21.N. The number of amides is 1. The first kappa shape index (κ1) is 19.1. The van der Waals surface area contributed by atoms with E-state index >= 15 is 0 Å². The predicted octanol–water partition coefficient (Wildman–Crippen LogP) is 1.26. The molecule has 2 aromatic heterocycles. The van der Waals surface area contributed by atoms with Crippen LogP contribution in [0, 0.1) is 11.3 Å². The number of carbonyl (C=O) groups excluding carboxylic acids is 1. The molecule has 1 aliphatic heterocycles. The highest BCUT2D eigenvalue weighted by molar-refractivity contribution is 5.95. The fourth-order valence-electron chi connectivity index (χ4n) is 3.58. The molecule has 0 atom stereocenters. The molecule has 4 N–H and O–H groups in total. The molecule has 3 heterocycles. The van der Waals surface area contributed by atoms with Crippen molar-refractivity contribution in [1.82, 2.24) is 25.6 Å². The lowest BCUT2D eigenvalue weighted by molar-refractivity contribution is 0.0741. The van der Waals surface area contributed by atoms with Gasteiger partial charge in [-0.05, 0) is 6.07 Å². The third-order valence-corrected chi connectivity index (χ3v) is 5.00. The molecule has 0 spiro atoms. The summed E-state index contributed by atoms with van der Waals surface area (Å²) < 4.78 is 1.51. The van der Waals surface area contributed by atoms with Crippen LogP contribution in [-0.4, -0.2) is 51.5 Å². The monoisotopic (exact) mass is 379 g/mol. The standard InChI is InChI=1S/C19H18N6O2.H3N/c1-23-16-5-3-2-4-13(16)17(14(10-20)18(23)26)24-6-8-25(9-7-24)19(27)15-11-21-12-22-15;/h2-5,11-12H,6-9H2,1H3,(H,21,22);1H3. The average Bonchev–Trinajstić information content (AvgIpc) is 3.25. The first-order valence-electron chi connectivity index (χ1n) is 8.66. The Balaban J connectivity index is 0.00000225. The highest BCUT2D eigenvalue weighted by atomic mass is 16.2. The van der Waals surface area contributed by atoms with E-state index in [0.29, 0.717) is 37.6 Å². The Morgan fingerprint density at radius 2 is 1.93 bits per heavy atom. The number of aromatic nitrogens is 3. The number of carbonyl (C=O) groups is 1. The maximum absolute atomic E-state index is 12.6. The zero-order valence-electron chi connectivity index (χ0n) is 15.6. The summed E-state index contributed by atoms with van der Waals surface area (Å²) in [5, 5.41) is 10.5. The molecule has 0 unspecified atom stereocenters. The Morgan fingerprint density at radius 1 is 1.21 bits per heavy atom. The second-order valence-corrected chi connectivity index (χ2v) is 6.46. The minimum atomic E-state index is -0.304. The van der Waals surface area contributed by atoms with Gasteiger partial charge in [0.15, 0.2) is 0 Å². The van der Waals surface area contributed by atoms with Gasteiger partial charge in [-0.15, -0.1) is 0 Å². The number of rotatable bonds is 2. The molecule has 1 amide bonds. The zero-order valence-corrected chi connectivity index (χ0v) is 15.6. The normalized spacial score (nSPS) is 13.9. The number of hydrogen-bond donors (Lipinski definition) is 2. The molecule has 9 heteroatoms. The van der Waals surface area contributed by atoms with E-state index in [1.54, 1.807) is 11.9 Å². The molecular formula is C19H21N7O2. The Morgan fingerprint density at radius 3 is 2.57 bits per heavy atom. The summed E-state index contributed by atoms with van der Waals surface area (Å²) in [5.74, 6) is -0.0958. The van der Waals surface area contributed by atoms with Crippen LogP contribution in [0.4, 0.5) is 5.69 Å². The Hall–Kier alpha value is -3.64. The number of aryl methyl sites for hydroxylation is 1. The smallest absolute Gasteiger partial charge is 0.272 e. The minimum absolute atomic E-state index is 0. The van der Waals surface area contributed by atoms with E-state index in [2.05, 4.69) is 16.0 Å². The summed E-state index contributed by atoms with van der Waals surface area (Å²) in [5.41, 5.74) is 1.74. The quantitative estimate of drug-likeness (QED) is 0.688. The second kappa shape index (κ2) is 7.54. The molecule has 1 saturated heterocycles. The molecule has 3 aromatic rings. The van der Waals surface area contributed by atoms with E-state index in [1.807, 2.05) is 29.2 Å². The summed E-state index contributed by atoms with van der Waals surface area (Å²) in [6.45, 7) is 2.11. The predicted molar refractivity (Wildman–Crippen MR) is 106 cm³/mol. The van der Waals surface area contributed by atoms with Gasteiger partial charge in [-0.2, -0.15) is 5.26 Å². The molecule has 1 aliphatic rings. The van der Waals surface area contributed by atoms with E-state index in [4.69, 9.17) is 0 Å². The molecule has 1 fully saturated rings. The number of fused-ring (bicyclic) bond motifs is 1. The summed E-state index contributed by atoms with van der Waals surface area (Å²) >= 11 is 0. The van der Waals surface area contributed by atoms with E-state index in [-0.39, 0.29) is 23.2 Å². The van der Waals surface area contributed by atoms with Crippen molar-refractivity contribution < 1.29 is 4.79 Å². The summed E-state index contributed by atoms with van der Waals surface area (Å²) in [6, 6.07) is 9.65. The molecule has 1 aromatic carbocycles. The van der Waals surface area contributed by atoms with E-state index in [0.717, 1.165) is 10.9 Å². The lowest BCUT2D eigenvalue weighted by Gasteiger charge is -2.36. The highest BCUT2D eigenvalue weighted by Gasteiger charge is 2.26. The number of H-pyrrole nitrogens is 1. The first-order valence-corrected chi connectivity index (χ1v) is 8.66. The van der Waals surface area contributed by atoms with E-state index in [1.165, 1.54) is 17.1 Å². The molecule has 0 radical (unpaired) electrons. The van der Waals surface area contributed by atoms with Crippen molar-refractivity contribution in [1.29, 1.82) is 5.26 Å². The first-order chi connectivity index (χ1) is 13.1. The second-order valence-electron chi connectivity index (χ2n) is 6.46. The number of benzene rings is 1. The van der Waals surface area contributed by atoms with Crippen LogP contribution < -0.4 is 16.6 Å². The van der Waals surface area contributed by atoms with Crippen molar-refractivity contribution in [3.8, 4) is 6.07 Å². The molecule has 28 heavy (non-hydrogen) atoms. The average molecular weight is 379 g/mol. The summed E-state index contributed by atoms with van der Waals surface area (Å²) in [4.78, 5) is 35.6. The molecule has 9 nitrogen and oxygen atoms in total. The topological polar surface area (TPSA) is 133 Å². The minimum Gasteiger partial charge on any atom is -0.366 e. The lowest BCUT2D eigenvalue weighted by Crippen LogP contribution is -2.49. The Bertz CT molecular complexity index is 1100. The van der Waals surface area contributed by atoms with Crippen molar-refractivity contribution in [3.63, 3.8) is 0 Å².